The normalized spacial score (nSPS) is 11.3. The zero-order valence-corrected chi connectivity index (χ0v) is 24.4. The number of carbonyl (C=O) groups excluding carboxylic acids is 2. The van der Waals surface area contributed by atoms with Crippen molar-refractivity contribution in [3.8, 4) is 16.9 Å². The van der Waals surface area contributed by atoms with E-state index in [9.17, 15) is 18.0 Å². The molecule has 214 valence electrons. The summed E-state index contributed by atoms with van der Waals surface area (Å²) in [5.41, 5.74) is 2.02. The summed E-state index contributed by atoms with van der Waals surface area (Å²) >= 11 is 0. The number of nitrogens with one attached hydrogen (secondary N) is 3. The van der Waals surface area contributed by atoms with Crippen molar-refractivity contribution in [2.75, 3.05) is 44.3 Å². The first-order valence-electron chi connectivity index (χ1n) is 12.6. The molecule has 0 unspecified atom stereocenters. The number of hydrogen-bond donors (Lipinski definition) is 3. The number of methoxy groups -OCH3 is 1. The minimum Gasteiger partial charge on any atom is -0.495 e. The second-order valence-corrected chi connectivity index (χ2v) is 11.8. The molecule has 0 aliphatic carbocycles. The lowest BCUT2D eigenvalue weighted by Crippen LogP contribution is -2.34. The molecular weight excluding hydrogens is 532 g/mol. The topological polar surface area (TPSA) is 126 Å². The number of alkyl carbamates (subject to hydrolysis) is 1. The first-order valence-corrected chi connectivity index (χ1v) is 14.1. The summed E-state index contributed by atoms with van der Waals surface area (Å²) in [5, 5.41) is 5.80. The third-order valence-corrected chi connectivity index (χ3v) is 6.97. The van der Waals surface area contributed by atoms with Crippen LogP contribution in [0, 0.1) is 0 Å². The molecule has 0 saturated heterocycles. The van der Waals surface area contributed by atoms with E-state index in [0.717, 1.165) is 0 Å². The summed E-state index contributed by atoms with van der Waals surface area (Å²) < 4.78 is 40.2. The highest BCUT2D eigenvalue weighted by Crippen LogP contribution is 2.33. The largest absolute Gasteiger partial charge is 0.495 e. The van der Waals surface area contributed by atoms with Gasteiger partial charge in [-0.05, 0) is 68.3 Å². The number of sulfonamides is 1. The lowest BCUT2D eigenvalue weighted by Gasteiger charge is -2.19. The second kappa shape index (κ2) is 12.7. The molecule has 0 heterocycles. The van der Waals surface area contributed by atoms with Crippen molar-refractivity contribution in [2.24, 2.45) is 0 Å². The van der Waals surface area contributed by atoms with Gasteiger partial charge in [-0.3, -0.25) is 9.52 Å². The van der Waals surface area contributed by atoms with Crippen LogP contribution in [-0.4, -0.2) is 65.2 Å². The quantitative estimate of drug-likeness (QED) is 0.300. The Kier molecular flexibility index (Phi) is 9.65. The molecule has 0 aliphatic heterocycles. The number of amides is 2. The minimum absolute atomic E-state index is 0.0699. The van der Waals surface area contributed by atoms with Crippen LogP contribution < -0.4 is 20.1 Å². The summed E-state index contributed by atoms with van der Waals surface area (Å²) in [4.78, 5) is 25.9. The van der Waals surface area contributed by atoms with E-state index in [1.807, 2.05) is 0 Å². The molecule has 11 heteroatoms. The standard InChI is InChI=1S/C29H36N4O6S/c1-29(2,3)39-28(35)31-17-16-30-21-10-9-11-22(19-21)32-40(36,37)26-18-20(14-15-25(26)38-6)23-12-7-8-13-24(23)27(34)33(4)5/h7-15,18-19,30,32H,16-17H2,1-6H3,(H,31,35). The van der Waals surface area contributed by atoms with E-state index in [4.69, 9.17) is 9.47 Å². The Morgan fingerprint density at radius 3 is 2.27 bits per heavy atom. The number of ether oxygens (including phenoxy) is 2. The zero-order chi connectivity index (χ0) is 29.5. The Morgan fingerprint density at radius 1 is 0.900 bits per heavy atom. The number of nitrogens with zero attached hydrogens (tertiary/aromatic N) is 1. The minimum atomic E-state index is -4.08. The number of anilines is 2. The summed E-state index contributed by atoms with van der Waals surface area (Å²) in [5.74, 6) is -0.0327. The molecule has 3 aromatic carbocycles. The van der Waals surface area contributed by atoms with Gasteiger partial charge in [0.2, 0.25) is 0 Å². The van der Waals surface area contributed by atoms with Crippen molar-refractivity contribution >= 4 is 33.4 Å². The van der Waals surface area contributed by atoms with Gasteiger partial charge in [-0.1, -0.05) is 30.3 Å². The van der Waals surface area contributed by atoms with Crippen LogP contribution in [-0.2, 0) is 14.8 Å². The van der Waals surface area contributed by atoms with Gasteiger partial charge in [0, 0.05) is 38.4 Å². The van der Waals surface area contributed by atoms with Gasteiger partial charge in [-0.15, -0.1) is 0 Å². The van der Waals surface area contributed by atoms with Crippen molar-refractivity contribution in [3.05, 3.63) is 72.3 Å². The van der Waals surface area contributed by atoms with Crippen molar-refractivity contribution in [1.29, 1.82) is 0 Å². The lowest BCUT2D eigenvalue weighted by atomic mass is 9.99. The molecule has 0 fully saturated rings. The first-order chi connectivity index (χ1) is 18.8. The Bertz CT molecular complexity index is 1470. The maximum absolute atomic E-state index is 13.5. The van der Waals surface area contributed by atoms with Gasteiger partial charge in [0.1, 0.15) is 16.2 Å². The number of benzene rings is 3. The Labute approximate surface area is 235 Å². The van der Waals surface area contributed by atoms with Gasteiger partial charge in [-0.2, -0.15) is 0 Å². The lowest BCUT2D eigenvalue weighted by molar-refractivity contribution is 0.0529. The number of carbonyl (C=O) groups is 2. The molecule has 0 saturated carbocycles. The van der Waals surface area contributed by atoms with Crippen LogP contribution >= 0.6 is 0 Å². The smallest absolute Gasteiger partial charge is 0.407 e. The molecule has 0 atom stereocenters. The summed E-state index contributed by atoms with van der Waals surface area (Å²) in [6.45, 7) is 6.07. The van der Waals surface area contributed by atoms with Crippen LogP contribution in [0.4, 0.5) is 16.2 Å². The van der Waals surface area contributed by atoms with Gasteiger partial charge < -0.3 is 25.0 Å². The molecule has 0 radical (unpaired) electrons. The molecule has 10 nitrogen and oxygen atoms in total. The third kappa shape index (κ3) is 8.12. The average Bonchev–Trinajstić information content (AvgIpc) is 2.89. The molecular formula is C29H36N4O6S. The second-order valence-electron chi connectivity index (χ2n) is 10.2. The fourth-order valence-electron chi connectivity index (χ4n) is 3.80. The molecule has 3 rings (SSSR count). The predicted octanol–water partition coefficient (Wildman–Crippen LogP) is 4.80. The molecule has 3 aromatic rings. The van der Waals surface area contributed by atoms with Crippen LogP contribution in [0.25, 0.3) is 11.1 Å². The predicted molar refractivity (Wildman–Crippen MR) is 156 cm³/mol. The highest BCUT2D eigenvalue weighted by molar-refractivity contribution is 7.92. The van der Waals surface area contributed by atoms with Crippen LogP contribution in [0.1, 0.15) is 31.1 Å². The first kappa shape index (κ1) is 30.3. The van der Waals surface area contributed by atoms with E-state index in [2.05, 4.69) is 15.4 Å². The number of rotatable bonds is 10. The van der Waals surface area contributed by atoms with E-state index < -0.39 is 21.7 Å². The van der Waals surface area contributed by atoms with E-state index in [1.165, 1.54) is 18.1 Å². The fourth-order valence-corrected chi connectivity index (χ4v) is 5.05. The van der Waals surface area contributed by atoms with Crippen LogP contribution in [0.3, 0.4) is 0 Å². The SMILES string of the molecule is COc1ccc(-c2ccccc2C(=O)N(C)C)cc1S(=O)(=O)Nc1cccc(NCCNC(=O)OC(C)(C)C)c1. The van der Waals surface area contributed by atoms with Gasteiger partial charge in [0.25, 0.3) is 15.9 Å². The van der Waals surface area contributed by atoms with E-state index in [-0.39, 0.29) is 16.6 Å². The van der Waals surface area contributed by atoms with Crippen molar-refractivity contribution in [2.45, 2.75) is 31.3 Å². The van der Waals surface area contributed by atoms with Gasteiger partial charge >= 0.3 is 6.09 Å². The summed E-state index contributed by atoms with van der Waals surface area (Å²) in [6, 6.07) is 18.6. The van der Waals surface area contributed by atoms with Crippen LogP contribution in [0.15, 0.2) is 71.6 Å². The molecule has 2 amide bonds. The average molecular weight is 569 g/mol. The van der Waals surface area contributed by atoms with Crippen LogP contribution in [0.5, 0.6) is 5.75 Å². The summed E-state index contributed by atoms with van der Waals surface area (Å²) in [6.07, 6.45) is -0.513. The molecule has 0 bridgehead atoms. The highest BCUT2D eigenvalue weighted by Gasteiger charge is 2.23. The molecule has 40 heavy (non-hydrogen) atoms. The van der Waals surface area contributed by atoms with E-state index >= 15 is 0 Å². The zero-order valence-electron chi connectivity index (χ0n) is 23.6. The molecule has 0 aromatic heterocycles. The third-order valence-electron chi connectivity index (χ3n) is 5.56. The number of hydrogen-bond acceptors (Lipinski definition) is 7. The van der Waals surface area contributed by atoms with E-state index in [1.54, 1.807) is 95.5 Å². The molecule has 3 N–H and O–H groups in total. The maximum atomic E-state index is 13.5. The van der Waals surface area contributed by atoms with Crippen molar-refractivity contribution < 1.29 is 27.5 Å². The van der Waals surface area contributed by atoms with E-state index in [0.29, 0.717) is 41.2 Å². The van der Waals surface area contributed by atoms with Gasteiger partial charge in [0.05, 0.1) is 12.8 Å². The Balaban J connectivity index is 1.79. The Morgan fingerprint density at radius 2 is 1.60 bits per heavy atom. The monoisotopic (exact) mass is 568 g/mol. The summed E-state index contributed by atoms with van der Waals surface area (Å²) in [7, 11) is 0.638. The molecule has 0 aliphatic rings. The van der Waals surface area contributed by atoms with Gasteiger partial charge in [-0.25, -0.2) is 13.2 Å². The Hall–Kier alpha value is -4.25. The highest BCUT2D eigenvalue weighted by atomic mass is 32.2. The maximum Gasteiger partial charge on any atom is 0.407 e. The van der Waals surface area contributed by atoms with Crippen molar-refractivity contribution in [1.82, 2.24) is 10.2 Å². The fraction of sp³-hybridized carbons (Fsp3) is 0.310. The molecule has 0 spiro atoms. The van der Waals surface area contributed by atoms with Crippen LogP contribution in [0.2, 0.25) is 0 Å². The van der Waals surface area contributed by atoms with Crippen molar-refractivity contribution in [3.63, 3.8) is 0 Å². The van der Waals surface area contributed by atoms with Gasteiger partial charge in [0.15, 0.2) is 0 Å².